The summed E-state index contributed by atoms with van der Waals surface area (Å²) in [4.78, 5) is 36.8. The van der Waals surface area contributed by atoms with Gasteiger partial charge in [0.2, 0.25) is 11.7 Å². The summed E-state index contributed by atoms with van der Waals surface area (Å²) in [6.45, 7) is 0.308. The van der Waals surface area contributed by atoms with Crippen LogP contribution in [0, 0.1) is 0 Å². The van der Waals surface area contributed by atoms with E-state index < -0.39 is 5.66 Å². The molecule has 7 nitrogen and oxygen atoms in total. The smallest absolute Gasteiger partial charge is 0.326 e. The zero-order valence-electron chi connectivity index (χ0n) is 19.2. The maximum Gasteiger partial charge on any atom is 0.326 e. The van der Waals surface area contributed by atoms with Crippen molar-refractivity contribution < 1.29 is 19.1 Å². The van der Waals surface area contributed by atoms with Crippen molar-refractivity contribution in [2.24, 2.45) is 10.2 Å². The van der Waals surface area contributed by atoms with Crippen LogP contribution in [0.1, 0.15) is 27.9 Å². The molecule has 0 aromatic heterocycles. The van der Waals surface area contributed by atoms with Crippen LogP contribution in [0.25, 0.3) is 0 Å². The number of carbonyl (C=O) groups is 3. The number of likely N-dealkylation sites (tertiary alicyclic amines) is 1. The number of benzene rings is 3. The van der Waals surface area contributed by atoms with Gasteiger partial charge in [0.15, 0.2) is 0 Å². The maximum absolute atomic E-state index is 12.3. The molecule has 1 amide bonds. The van der Waals surface area contributed by atoms with E-state index in [4.69, 9.17) is 4.74 Å². The molecule has 178 valence electrons. The summed E-state index contributed by atoms with van der Waals surface area (Å²) in [7, 11) is 0. The van der Waals surface area contributed by atoms with Gasteiger partial charge in [0.05, 0.1) is 11.8 Å². The number of carbonyl (C=O) groups excluding carboxylic acids is 3. The van der Waals surface area contributed by atoms with Gasteiger partial charge in [-0.05, 0) is 11.8 Å². The number of nitrogens with zero attached hydrogens (tertiary/aromatic N) is 3. The Morgan fingerprint density at radius 3 is 2.06 bits per heavy atom. The molecule has 0 radical (unpaired) electrons. The van der Waals surface area contributed by atoms with Gasteiger partial charge >= 0.3 is 5.97 Å². The van der Waals surface area contributed by atoms with Crippen LogP contribution in [-0.4, -0.2) is 40.7 Å². The van der Waals surface area contributed by atoms with Crippen molar-refractivity contribution in [3.63, 3.8) is 0 Å². The van der Waals surface area contributed by atoms with Crippen LogP contribution in [0.15, 0.2) is 101 Å². The van der Waals surface area contributed by atoms with Gasteiger partial charge in [-0.3, -0.25) is 14.4 Å². The van der Waals surface area contributed by atoms with Crippen LogP contribution in [0.2, 0.25) is 0 Å². The number of Topliss-reactive ketones (excluding diaryl/α,β-unsaturated/α-hetero) is 1. The van der Waals surface area contributed by atoms with Crippen molar-refractivity contribution in [2.75, 3.05) is 12.8 Å². The standard InChI is InChI=1S/C14H10N2O.C13H15NO3S/c17-13(11-7-3-1-4-8-11)14(15-16-14)12-9-5-2-6-10-12;1-18-12-7-11(15)14(12)8-13(16)17-9-10-5-3-2-4-6-10/h1-10H;2-6,12H,7-9H2,1H3. The minimum absolute atomic E-state index is 0.0195. The highest BCUT2D eigenvalue weighted by Gasteiger charge is 2.50. The number of hydrogen-bond acceptors (Lipinski definition) is 7. The minimum atomic E-state index is -0.984. The van der Waals surface area contributed by atoms with Gasteiger partial charge in [-0.2, -0.15) is 0 Å². The first kappa shape index (κ1) is 24.3. The second kappa shape index (κ2) is 11.1. The number of β-lactam (4-membered cyclic amide) rings is 1. The third kappa shape index (κ3) is 5.84. The fourth-order valence-corrected chi connectivity index (χ4v) is 4.35. The lowest BCUT2D eigenvalue weighted by molar-refractivity contribution is -0.155. The van der Waals surface area contributed by atoms with E-state index in [2.05, 4.69) is 10.2 Å². The molecule has 3 aromatic rings. The highest BCUT2D eigenvalue weighted by atomic mass is 32.2. The molecule has 0 aliphatic carbocycles. The van der Waals surface area contributed by atoms with Crippen LogP contribution in [0.5, 0.6) is 0 Å². The molecule has 1 atom stereocenters. The van der Waals surface area contributed by atoms with Gasteiger partial charge in [0, 0.05) is 11.1 Å². The molecule has 2 aliphatic rings. The normalized spacial score (nSPS) is 17.0. The first-order chi connectivity index (χ1) is 17.0. The van der Waals surface area contributed by atoms with E-state index in [1.54, 1.807) is 28.8 Å². The van der Waals surface area contributed by atoms with Gasteiger partial charge in [-0.15, -0.1) is 22.0 Å². The van der Waals surface area contributed by atoms with Gasteiger partial charge in [-0.1, -0.05) is 91.0 Å². The van der Waals surface area contributed by atoms with E-state index in [1.807, 2.05) is 85.1 Å². The van der Waals surface area contributed by atoms with Gasteiger partial charge in [-0.25, -0.2) is 0 Å². The Balaban J connectivity index is 0.000000165. The predicted molar refractivity (Wildman–Crippen MR) is 134 cm³/mol. The van der Waals surface area contributed by atoms with Crippen LogP contribution in [0.3, 0.4) is 0 Å². The topological polar surface area (TPSA) is 88.4 Å². The van der Waals surface area contributed by atoms with Gasteiger partial charge < -0.3 is 9.64 Å². The van der Waals surface area contributed by atoms with Crippen LogP contribution in [-0.2, 0) is 26.6 Å². The summed E-state index contributed by atoms with van der Waals surface area (Å²) in [6.07, 6.45) is 2.45. The zero-order valence-corrected chi connectivity index (χ0v) is 20.1. The molecule has 3 aromatic carbocycles. The largest absolute Gasteiger partial charge is 0.459 e. The molecule has 1 saturated heterocycles. The fourth-order valence-electron chi connectivity index (χ4n) is 3.60. The average molecular weight is 488 g/mol. The van der Waals surface area contributed by atoms with Crippen molar-refractivity contribution in [3.05, 3.63) is 108 Å². The SMILES string of the molecule is CSC1CC(=O)N1CC(=O)OCc1ccccc1.O=C(c1ccccc1)C1(c2ccccc2)N=N1. The number of rotatable bonds is 8. The zero-order chi connectivity index (χ0) is 24.7. The van der Waals surface area contributed by atoms with Crippen molar-refractivity contribution in [1.82, 2.24) is 4.90 Å². The first-order valence-electron chi connectivity index (χ1n) is 11.1. The van der Waals surface area contributed by atoms with Crippen LogP contribution < -0.4 is 0 Å². The lowest BCUT2D eigenvalue weighted by Gasteiger charge is -2.38. The molecule has 2 aliphatic heterocycles. The lowest BCUT2D eigenvalue weighted by Crippen LogP contribution is -2.52. The Labute approximate surface area is 208 Å². The molecule has 1 unspecified atom stereocenters. The number of esters is 1. The lowest BCUT2D eigenvalue weighted by atomic mass is 9.94. The van der Waals surface area contributed by atoms with E-state index in [0.717, 1.165) is 11.1 Å². The van der Waals surface area contributed by atoms with Gasteiger partial charge in [0.25, 0.3) is 5.66 Å². The summed E-state index contributed by atoms with van der Waals surface area (Å²) in [5.74, 6) is -0.402. The van der Waals surface area contributed by atoms with Crippen molar-refractivity contribution >= 4 is 29.4 Å². The minimum Gasteiger partial charge on any atom is -0.459 e. The third-order valence-electron chi connectivity index (χ3n) is 5.66. The number of amides is 1. The molecule has 8 heteroatoms. The molecule has 0 bridgehead atoms. The molecule has 1 fully saturated rings. The third-order valence-corrected chi connectivity index (χ3v) is 6.63. The fraction of sp³-hybridized carbons (Fsp3) is 0.222. The van der Waals surface area contributed by atoms with Crippen LogP contribution in [0.4, 0.5) is 0 Å². The number of ether oxygens (including phenoxy) is 1. The summed E-state index contributed by atoms with van der Waals surface area (Å²) in [5.41, 5.74) is 1.43. The first-order valence-corrected chi connectivity index (χ1v) is 12.4. The molecule has 0 spiro atoms. The molecular formula is C27H25N3O4S. The second-order valence-electron chi connectivity index (χ2n) is 8.00. The van der Waals surface area contributed by atoms with Crippen molar-refractivity contribution in [2.45, 2.75) is 24.1 Å². The summed E-state index contributed by atoms with van der Waals surface area (Å²) in [6, 6.07) is 28.1. The molecular weight excluding hydrogens is 462 g/mol. The van der Waals surface area contributed by atoms with E-state index in [0.29, 0.717) is 12.0 Å². The number of hydrogen-bond donors (Lipinski definition) is 0. The van der Waals surface area contributed by atoms with Crippen molar-refractivity contribution in [3.8, 4) is 0 Å². The van der Waals surface area contributed by atoms with E-state index in [9.17, 15) is 14.4 Å². The molecule has 5 rings (SSSR count). The Morgan fingerprint density at radius 2 is 1.51 bits per heavy atom. The number of thioether (sulfide) groups is 1. The molecule has 35 heavy (non-hydrogen) atoms. The molecule has 0 saturated carbocycles. The predicted octanol–water partition coefficient (Wildman–Crippen LogP) is 4.84. The Kier molecular flexibility index (Phi) is 7.72. The highest BCUT2D eigenvalue weighted by molar-refractivity contribution is 7.99. The second-order valence-corrected chi connectivity index (χ2v) is 9.01. The summed E-state index contributed by atoms with van der Waals surface area (Å²) >= 11 is 1.58. The quantitative estimate of drug-likeness (QED) is 0.258. The summed E-state index contributed by atoms with van der Waals surface area (Å²) in [5, 5.41) is 8.04. The highest BCUT2D eigenvalue weighted by Crippen LogP contribution is 2.42. The Bertz CT molecular complexity index is 1200. The van der Waals surface area contributed by atoms with Crippen molar-refractivity contribution in [1.29, 1.82) is 0 Å². The monoisotopic (exact) mass is 487 g/mol. The molecule has 2 heterocycles. The Hall–Kier alpha value is -3.78. The van der Waals surface area contributed by atoms with E-state index in [1.165, 1.54) is 0 Å². The van der Waals surface area contributed by atoms with Crippen LogP contribution >= 0.6 is 11.8 Å². The van der Waals surface area contributed by atoms with E-state index in [-0.39, 0.29) is 36.2 Å². The number of ketones is 1. The summed E-state index contributed by atoms with van der Waals surface area (Å²) < 4.78 is 5.13. The van der Waals surface area contributed by atoms with E-state index >= 15 is 0 Å². The Morgan fingerprint density at radius 1 is 0.943 bits per heavy atom. The average Bonchev–Trinajstić information content (AvgIpc) is 3.73. The maximum atomic E-state index is 12.3. The molecule has 0 N–H and O–H groups in total. The van der Waals surface area contributed by atoms with Gasteiger partial charge in [0.1, 0.15) is 13.2 Å².